The second kappa shape index (κ2) is 7.66. The molecule has 2 atom stereocenters. The minimum absolute atomic E-state index is 0.0893. The zero-order valence-corrected chi connectivity index (χ0v) is 16.4. The number of methoxy groups -OCH3 is 2. The van der Waals surface area contributed by atoms with Crippen LogP contribution in [0.2, 0.25) is 0 Å². The van der Waals surface area contributed by atoms with E-state index in [4.69, 9.17) is 14.3 Å². The molecule has 1 aliphatic heterocycles. The standard InChI is InChI=1S/C22H25N3O3/c1-24-22(15-25-12-11-23-16-25,18-7-5-4-6-8-18)14-21(28-24)17-9-10-19(26-2)20(13-17)27-3/h4-13,16,21H,14-15H2,1-3H3/t21-,22-/m1/s1. The average molecular weight is 379 g/mol. The highest BCUT2D eigenvalue weighted by Crippen LogP contribution is 2.47. The molecule has 2 heterocycles. The van der Waals surface area contributed by atoms with Crippen molar-refractivity contribution < 1.29 is 14.3 Å². The van der Waals surface area contributed by atoms with Crippen LogP contribution in [0.4, 0.5) is 0 Å². The van der Waals surface area contributed by atoms with Gasteiger partial charge in [-0.25, -0.2) is 4.98 Å². The van der Waals surface area contributed by atoms with E-state index in [1.807, 2.05) is 48.9 Å². The molecule has 1 fully saturated rings. The molecule has 0 saturated carbocycles. The van der Waals surface area contributed by atoms with Crippen LogP contribution in [-0.2, 0) is 16.9 Å². The normalized spacial score (nSPS) is 22.3. The van der Waals surface area contributed by atoms with Crippen LogP contribution in [0, 0.1) is 0 Å². The lowest BCUT2D eigenvalue weighted by atomic mass is 9.83. The van der Waals surface area contributed by atoms with Crippen molar-refractivity contribution in [2.24, 2.45) is 0 Å². The first kappa shape index (κ1) is 18.5. The Morgan fingerprint density at radius 1 is 1.11 bits per heavy atom. The molecule has 3 aromatic rings. The first-order chi connectivity index (χ1) is 13.7. The van der Waals surface area contributed by atoms with Crippen LogP contribution in [0.1, 0.15) is 23.7 Å². The van der Waals surface area contributed by atoms with E-state index in [9.17, 15) is 0 Å². The van der Waals surface area contributed by atoms with Gasteiger partial charge in [0.25, 0.3) is 0 Å². The van der Waals surface area contributed by atoms with Crippen molar-refractivity contribution in [3.8, 4) is 11.5 Å². The Morgan fingerprint density at radius 2 is 1.89 bits per heavy atom. The zero-order chi connectivity index (χ0) is 19.6. The molecule has 2 aromatic carbocycles. The topological polar surface area (TPSA) is 48.8 Å². The van der Waals surface area contributed by atoms with Crippen LogP contribution in [0.15, 0.2) is 67.3 Å². The summed E-state index contributed by atoms with van der Waals surface area (Å²) in [6.07, 6.45) is 6.36. The number of likely N-dealkylation sites (N-methyl/N-ethyl adjacent to an activating group) is 1. The second-order valence-electron chi connectivity index (χ2n) is 7.04. The van der Waals surface area contributed by atoms with Gasteiger partial charge in [-0.05, 0) is 23.3 Å². The Morgan fingerprint density at radius 3 is 2.57 bits per heavy atom. The highest BCUT2D eigenvalue weighted by Gasteiger charge is 2.47. The molecule has 0 unspecified atom stereocenters. The van der Waals surface area contributed by atoms with E-state index in [0.29, 0.717) is 11.5 Å². The lowest BCUT2D eigenvalue weighted by molar-refractivity contribution is -0.176. The van der Waals surface area contributed by atoms with Crippen LogP contribution >= 0.6 is 0 Å². The quantitative estimate of drug-likeness (QED) is 0.652. The SMILES string of the molecule is COc1ccc([C@H]2C[C@@](Cn3ccnc3)(c3ccccc3)N(C)O2)cc1OC. The maximum atomic E-state index is 6.34. The molecule has 4 rings (SSSR count). The van der Waals surface area contributed by atoms with E-state index in [2.05, 4.69) is 33.8 Å². The summed E-state index contributed by atoms with van der Waals surface area (Å²) < 4.78 is 12.9. The molecular formula is C22H25N3O3. The first-order valence-corrected chi connectivity index (χ1v) is 9.30. The predicted octanol–water partition coefficient (Wildman–Crippen LogP) is 3.80. The Kier molecular flexibility index (Phi) is 5.07. The summed E-state index contributed by atoms with van der Waals surface area (Å²) in [7, 11) is 5.30. The van der Waals surface area contributed by atoms with E-state index in [0.717, 1.165) is 18.5 Å². The Bertz CT molecular complexity index is 914. The largest absolute Gasteiger partial charge is 0.493 e. The van der Waals surface area contributed by atoms with Gasteiger partial charge < -0.3 is 14.0 Å². The number of ether oxygens (including phenoxy) is 2. The summed E-state index contributed by atoms with van der Waals surface area (Å²) >= 11 is 0. The third-order valence-electron chi connectivity index (χ3n) is 5.51. The molecule has 6 nitrogen and oxygen atoms in total. The zero-order valence-electron chi connectivity index (χ0n) is 16.4. The first-order valence-electron chi connectivity index (χ1n) is 9.30. The van der Waals surface area contributed by atoms with E-state index in [-0.39, 0.29) is 11.6 Å². The third-order valence-corrected chi connectivity index (χ3v) is 5.51. The van der Waals surface area contributed by atoms with Crippen molar-refractivity contribution in [2.45, 2.75) is 24.6 Å². The maximum Gasteiger partial charge on any atom is 0.161 e. The van der Waals surface area contributed by atoms with Crippen LogP contribution in [0.5, 0.6) is 11.5 Å². The maximum absolute atomic E-state index is 6.34. The summed E-state index contributed by atoms with van der Waals surface area (Å²) in [6, 6.07) is 16.5. The van der Waals surface area contributed by atoms with E-state index in [1.165, 1.54) is 5.56 Å². The number of hydroxylamine groups is 2. The highest BCUT2D eigenvalue weighted by molar-refractivity contribution is 5.44. The smallest absolute Gasteiger partial charge is 0.161 e. The number of nitrogens with zero attached hydrogens (tertiary/aromatic N) is 3. The van der Waals surface area contributed by atoms with Crippen LogP contribution in [0.3, 0.4) is 0 Å². The number of aromatic nitrogens is 2. The molecular weight excluding hydrogens is 354 g/mol. The van der Waals surface area contributed by atoms with Crippen molar-refractivity contribution in [1.29, 1.82) is 0 Å². The van der Waals surface area contributed by atoms with Gasteiger partial charge in [-0.2, -0.15) is 5.06 Å². The van der Waals surface area contributed by atoms with Gasteiger partial charge in [0.2, 0.25) is 0 Å². The number of rotatable bonds is 6. The minimum Gasteiger partial charge on any atom is -0.493 e. The van der Waals surface area contributed by atoms with Crippen molar-refractivity contribution in [2.75, 3.05) is 21.3 Å². The lowest BCUT2D eigenvalue weighted by Gasteiger charge is -2.34. The molecule has 146 valence electrons. The predicted molar refractivity (Wildman–Crippen MR) is 106 cm³/mol. The Hall–Kier alpha value is -2.83. The van der Waals surface area contributed by atoms with Gasteiger partial charge in [0.1, 0.15) is 6.10 Å². The molecule has 1 aliphatic rings. The average Bonchev–Trinajstić information content (AvgIpc) is 3.37. The summed E-state index contributed by atoms with van der Waals surface area (Å²) in [6.45, 7) is 0.747. The summed E-state index contributed by atoms with van der Waals surface area (Å²) in [5, 5.41) is 1.99. The highest BCUT2D eigenvalue weighted by atomic mass is 16.7. The van der Waals surface area contributed by atoms with E-state index >= 15 is 0 Å². The summed E-state index contributed by atoms with van der Waals surface area (Å²) in [5.41, 5.74) is 1.97. The monoisotopic (exact) mass is 379 g/mol. The fraction of sp³-hybridized carbons (Fsp3) is 0.318. The molecule has 0 aliphatic carbocycles. The summed E-state index contributed by atoms with van der Waals surface area (Å²) in [5.74, 6) is 1.42. The lowest BCUT2D eigenvalue weighted by Crippen LogP contribution is -2.41. The van der Waals surface area contributed by atoms with Crippen LogP contribution in [0.25, 0.3) is 0 Å². The fourth-order valence-corrected chi connectivity index (χ4v) is 3.98. The number of hydrogen-bond acceptors (Lipinski definition) is 5. The molecule has 1 aromatic heterocycles. The number of hydrogen-bond donors (Lipinski definition) is 0. The molecule has 0 amide bonds. The Balaban J connectivity index is 1.71. The molecule has 0 N–H and O–H groups in total. The molecule has 0 radical (unpaired) electrons. The van der Waals surface area contributed by atoms with Gasteiger partial charge in [0.15, 0.2) is 11.5 Å². The number of imidazole rings is 1. The summed E-state index contributed by atoms with van der Waals surface area (Å²) in [4.78, 5) is 10.5. The van der Waals surface area contributed by atoms with E-state index in [1.54, 1.807) is 20.4 Å². The van der Waals surface area contributed by atoms with Gasteiger partial charge >= 0.3 is 0 Å². The van der Waals surface area contributed by atoms with Gasteiger partial charge in [-0.15, -0.1) is 0 Å². The van der Waals surface area contributed by atoms with Gasteiger partial charge in [-0.1, -0.05) is 36.4 Å². The van der Waals surface area contributed by atoms with Crippen molar-refractivity contribution in [3.05, 3.63) is 78.4 Å². The Labute approximate surface area is 165 Å². The third kappa shape index (κ3) is 3.25. The molecule has 0 spiro atoms. The van der Waals surface area contributed by atoms with Gasteiger partial charge in [0, 0.05) is 32.4 Å². The minimum atomic E-state index is -0.306. The number of benzene rings is 2. The van der Waals surface area contributed by atoms with Crippen molar-refractivity contribution >= 4 is 0 Å². The molecule has 6 heteroatoms. The van der Waals surface area contributed by atoms with E-state index < -0.39 is 0 Å². The molecule has 1 saturated heterocycles. The van der Waals surface area contributed by atoms with Crippen LogP contribution in [-0.4, -0.2) is 35.9 Å². The fourth-order valence-electron chi connectivity index (χ4n) is 3.98. The van der Waals surface area contributed by atoms with Gasteiger partial charge in [0.05, 0.1) is 26.1 Å². The molecule has 28 heavy (non-hydrogen) atoms. The molecule has 0 bridgehead atoms. The second-order valence-corrected chi connectivity index (χ2v) is 7.04. The van der Waals surface area contributed by atoms with Gasteiger partial charge in [-0.3, -0.25) is 4.84 Å². The van der Waals surface area contributed by atoms with Crippen molar-refractivity contribution in [3.63, 3.8) is 0 Å². The van der Waals surface area contributed by atoms with Crippen LogP contribution < -0.4 is 9.47 Å². The van der Waals surface area contributed by atoms with Crippen molar-refractivity contribution in [1.82, 2.24) is 14.6 Å².